The third-order valence-electron chi connectivity index (χ3n) is 5.43. The van der Waals surface area contributed by atoms with Gasteiger partial charge in [-0.2, -0.15) is 0 Å². The molecule has 1 aromatic carbocycles. The summed E-state index contributed by atoms with van der Waals surface area (Å²) in [6.07, 6.45) is 4.00. The first kappa shape index (κ1) is 20.6. The molecule has 1 aromatic rings. The van der Waals surface area contributed by atoms with Crippen LogP contribution in [-0.2, 0) is 4.79 Å². The van der Waals surface area contributed by atoms with Crippen LogP contribution in [0.15, 0.2) is 24.3 Å². The van der Waals surface area contributed by atoms with Crippen molar-refractivity contribution < 1.29 is 14.3 Å². The van der Waals surface area contributed by atoms with Crippen LogP contribution < -0.4 is 15.4 Å². The molecule has 2 heterocycles. The third-order valence-corrected chi connectivity index (χ3v) is 5.43. The SMILES string of the molecule is CC(C)COc1ccc(C(=O)N2CCCC(CNC(=O)C3CCCN3)C2)cc1. The number of amides is 2. The quantitative estimate of drug-likeness (QED) is 0.754. The Morgan fingerprint density at radius 3 is 2.68 bits per heavy atom. The van der Waals surface area contributed by atoms with Crippen molar-refractivity contribution in [1.82, 2.24) is 15.5 Å². The molecule has 2 aliphatic rings. The van der Waals surface area contributed by atoms with Crippen LogP contribution in [0.3, 0.4) is 0 Å². The topological polar surface area (TPSA) is 70.7 Å². The highest BCUT2D eigenvalue weighted by Crippen LogP contribution is 2.20. The Morgan fingerprint density at radius 2 is 2.00 bits per heavy atom. The number of nitrogens with one attached hydrogen (secondary N) is 2. The van der Waals surface area contributed by atoms with E-state index in [1.165, 1.54) is 0 Å². The Hall–Kier alpha value is -2.08. The second-order valence-electron chi connectivity index (χ2n) is 8.38. The van der Waals surface area contributed by atoms with Gasteiger partial charge in [-0.1, -0.05) is 13.8 Å². The Balaban J connectivity index is 1.48. The predicted molar refractivity (Wildman–Crippen MR) is 109 cm³/mol. The molecule has 2 N–H and O–H groups in total. The molecule has 2 amide bonds. The number of carbonyl (C=O) groups is 2. The van der Waals surface area contributed by atoms with Gasteiger partial charge < -0.3 is 20.3 Å². The molecule has 0 aromatic heterocycles. The third kappa shape index (κ3) is 5.71. The van der Waals surface area contributed by atoms with Crippen molar-refractivity contribution in [1.29, 1.82) is 0 Å². The molecule has 2 fully saturated rings. The molecule has 2 saturated heterocycles. The number of carbonyl (C=O) groups excluding carboxylic acids is 2. The fourth-order valence-corrected chi connectivity index (χ4v) is 3.83. The molecule has 154 valence electrons. The number of hydrogen-bond donors (Lipinski definition) is 2. The summed E-state index contributed by atoms with van der Waals surface area (Å²) in [5.41, 5.74) is 0.691. The van der Waals surface area contributed by atoms with Crippen LogP contribution >= 0.6 is 0 Å². The summed E-state index contributed by atoms with van der Waals surface area (Å²) in [7, 11) is 0. The molecule has 28 heavy (non-hydrogen) atoms. The van der Waals surface area contributed by atoms with Gasteiger partial charge in [-0.15, -0.1) is 0 Å². The number of piperidine rings is 1. The number of benzene rings is 1. The van der Waals surface area contributed by atoms with Crippen molar-refractivity contribution in [2.24, 2.45) is 11.8 Å². The van der Waals surface area contributed by atoms with Crippen LogP contribution in [0.1, 0.15) is 49.9 Å². The maximum Gasteiger partial charge on any atom is 0.253 e. The van der Waals surface area contributed by atoms with E-state index >= 15 is 0 Å². The fraction of sp³-hybridized carbons (Fsp3) is 0.636. The second kappa shape index (κ2) is 9.92. The maximum atomic E-state index is 12.9. The molecular weight excluding hydrogens is 354 g/mol. The van der Waals surface area contributed by atoms with Crippen LogP contribution in [0.4, 0.5) is 0 Å². The van der Waals surface area contributed by atoms with Crippen molar-refractivity contribution in [3.8, 4) is 5.75 Å². The highest BCUT2D eigenvalue weighted by molar-refractivity contribution is 5.94. The lowest BCUT2D eigenvalue weighted by atomic mass is 9.97. The van der Waals surface area contributed by atoms with Gasteiger partial charge in [0.1, 0.15) is 5.75 Å². The van der Waals surface area contributed by atoms with Gasteiger partial charge in [0.2, 0.25) is 5.91 Å². The molecule has 6 nitrogen and oxygen atoms in total. The van der Waals surface area contributed by atoms with Crippen molar-refractivity contribution in [2.75, 3.05) is 32.8 Å². The molecule has 3 rings (SSSR count). The zero-order valence-corrected chi connectivity index (χ0v) is 17.1. The normalized spacial score (nSPS) is 22.3. The summed E-state index contributed by atoms with van der Waals surface area (Å²) in [4.78, 5) is 27.0. The molecule has 0 saturated carbocycles. The molecule has 2 aliphatic heterocycles. The standard InChI is InChI=1S/C22H33N3O3/c1-16(2)15-28-19-9-7-18(8-10-19)22(27)25-12-4-5-17(14-25)13-24-21(26)20-6-3-11-23-20/h7-10,16-17,20,23H,3-6,11-15H2,1-2H3,(H,24,26). The number of hydrogen-bond acceptors (Lipinski definition) is 4. The van der Waals surface area contributed by atoms with E-state index in [1.54, 1.807) is 0 Å². The van der Waals surface area contributed by atoms with E-state index in [-0.39, 0.29) is 17.9 Å². The van der Waals surface area contributed by atoms with Gasteiger partial charge in [0.25, 0.3) is 5.91 Å². The van der Waals surface area contributed by atoms with E-state index in [9.17, 15) is 9.59 Å². The van der Waals surface area contributed by atoms with Crippen molar-refractivity contribution in [3.63, 3.8) is 0 Å². The second-order valence-corrected chi connectivity index (χ2v) is 8.38. The van der Waals surface area contributed by atoms with Crippen molar-refractivity contribution in [2.45, 2.75) is 45.6 Å². The number of likely N-dealkylation sites (tertiary alicyclic amines) is 1. The summed E-state index contributed by atoms with van der Waals surface area (Å²) in [5, 5.41) is 6.29. The maximum absolute atomic E-state index is 12.9. The summed E-state index contributed by atoms with van der Waals surface area (Å²) >= 11 is 0. The monoisotopic (exact) mass is 387 g/mol. The van der Waals surface area contributed by atoms with Crippen LogP contribution in [0.25, 0.3) is 0 Å². The molecule has 0 radical (unpaired) electrons. The van der Waals surface area contributed by atoms with Gasteiger partial charge in [0.05, 0.1) is 12.6 Å². The number of ether oxygens (including phenoxy) is 1. The Labute approximate surface area is 168 Å². The average molecular weight is 388 g/mol. The first-order valence-corrected chi connectivity index (χ1v) is 10.6. The van der Waals surface area contributed by atoms with Gasteiger partial charge in [-0.25, -0.2) is 0 Å². The molecule has 2 atom stereocenters. The zero-order chi connectivity index (χ0) is 19.9. The molecule has 0 aliphatic carbocycles. The van der Waals surface area contributed by atoms with Crippen LogP contribution in [0.5, 0.6) is 5.75 Å². The van der Waals surface area contributed by atoms with E-state index in [0.717, 1.165) is 44.5 Å². The molecule has 0 spiro atoms. The first-order chi connectivity index (χ1) is 13.5. The lowest BCUT2D eigenvalue weighted by molar-refractivity contribution is -0.123. The number of rotatable bonds is 7. The van der Waals surface area contributed by atoms with Crippen LogP contribution in [0.2, 0.25) is 0 Å². The van der Waals surface area contributed by atoms with E-state index in [1.807, 2.05) is 29.2 Å². The highest BCUT2D eigenvalue weighted by atomic mass is 16.5. The fourth-order valence-electron chi connectivity index (χ4n) is 3.83. The van der Waals surface area contributed by atoms with Crippen molar-refractivity contribution in [3.05, 3.63) is 29.8 Å². The van der Waals surface area contributed by atoms with E-state index in [2.05, 4.69) is 24.5 Å². The number of nitrogens with zero attached hydrogens (tertiary/aromatic N) is 1. The predicted octanol–water partition coefficient (Wildman–Crippen LogP) is 2.44. The van der Waals surface area contributed by atoms with Gasteiger partial charge in [0, 0.05) is 25.2 Å². The average Bonchev–Trinajstić information content (AvgIpc) is 3.25. The summed E-state index contributed by atoms with van der Waals surface area (Å²) < 4.78 is 5.69. The van der Waals surface area contributed by atoms with E-state index < -0.39 is 0 Å². The minimum absolute atomic E-state index is 0.0437. The Bertz CT molecular complexity index is 653. The van der Waals surface area contributed by atoms with Crippen LogP contribution in [0, 0.1) is 11.8 Å². The van der Waals surface area contributed by atoms with E-state index in [4.69, 9.17) is 4.74 Å². The molecule has 2 unspecified atom stereocenters. The minimum atomic E-state index is -0.0437. The summed E-state index contributed by atoms with van der Waals surface area (Å²) in [5.74, 6) is 1.74. The summed E-state index contributed by atoms with van der Waals surface area (Å²) in [6, 6.07) is 7.37. The lowest BCUT2D eigenvalue weighted by Gasteiger charge is -2.33. The molecular formula is C22H33N3O3. The largest absolute Gasteiger partial charge is 0.493 e. The van der Waals surface area contributed by atoms with Crippen molar-refractivity contribution >= 4 is 11.8 Å². The minimum Gasteiger partial charge on any atom is -0.493 e. The van der Waals surface area contributed by atoms with Crippen LogP contribution in [-0.4, -0.2) is 55.5 Å². The highest BCUT2D eigenvalue weighted by Gasteiger charge is 2.26. The van der Waals surface area contributed by atoms with Gasteiger partial charge >= 0.3 is 0 Å². The van der Waals surface area contributed by atoms with Gasteiger partial charge in [-0.05, 0) is 68.3 Å². The lowest BCUT2D eigenvalue weighted by Crippen LogP contribution is -2.46. The summed E-state index contributed by atoms with van der Waals surface area (Å²) in [6.45, 7) is 7.92. The Kier molecular flexibility index (Phi) is 7.31. The molecule has 0 bridgehead atoms. The first-order valence-electron chi connectivity index (χ1n) is 10.6. The van der Waals surface area contributed by atoms with Gasteiger partial charge in [0.15, 0.2) is 0 Å². The smallest absolute Gasteiger partial charge is 0.253 e. The van der Waals surface area contributed by atoms with E-state index in [0.29, 0.717) is 37.1 Å². The van der Waals surface area contributed by atoms with Gasteiger partial charge in [-0.3, -0.25) is 9.59 Å². The molecule has 6 heteroatoms. The Morgan fingerprint density at radius 1 is 1.21 bits per heavy atom. The zero-order valence-electron chi connectivity index (χ0n) is 17.1.